The zero-order valence-electron chi connectivity index (χ0n) is 6.83. The van der Waals surface area contributed by atoms with Gasteiger partial charge in [-0.25, -0.2) is 4.79 Å². The highest BCUT2D eigenvalue weighted by Crippen LogP contribution is 2.22. The third kappa shape index (κ3) is 2.22. The van der Waals surface area contributed by atoms with Crippen molar-refractivity contribution in [1.82, 2.24) is 0 Å². The van der Waals surface area contributed by atoms with Crippen LogP contribution in [-0.4, -0.2) is 12.1 Å². The first-order valence-electron chi connectivity index (χ1n) is 3.55. The van der Waals surface area contributed by atoms with E-state index in [2.05, 4.69) is 0 Å². The maximum atomic E-state index is 11.2. The lowest BCUT2D eigenvalue weighted by Crippen LogP contribution is -2.10. The lowest BCUT2D eigenvalue weighted by Gasteiger charge is -2.05. The lowest BCUT2D eigenvalue weighted by atomic mass is 10.4. The summed E-state index contributed by atoms with van der Waals surface area (Å²) in [6, 6.07) is 1.68. The van der Waals surface area contributed by atoms with Crippen molar-refractivity contribution >= 4 is 28.9 Å². The van der Waals surface area contributed by atoms with Crippen LogP contribution in [0, 0.1) is 0 Å². The number of hydrogen-bond donors (Lipinski definition) is 0. The van der Waals surface area contributed by atoms with Crippen LogP contribution in [0.25, 0.3) is 0 Å². The van der Waals surface area contributed by atoms with Gasteiger partial charge < -0.3 is 4.74 Å². The van der Waals surface area contributed by atoms with Gasteiger partial charge in [-0.2, -0.15) is 0 Å². The summed E-state index contributed by atoms with van der Waals surface area (Å²) >= 11 is 7.02. The quantitative estimate of drug-likeness (QED) is 0.693. The molecule has 0 unspecified atom stereocenters. The number of halogens is 1. The van der Waals surface area contributed by atoms with Crippen LogP contribution in [0.5, 0.6) is 0 Å². The van der Waals surface area contributed by atoms with Crippen molar-refractivity contribution in [3.63, 3.8) is 0 Å². The number of rotatable bonds is 2. The molecule has 1 aromatic rings. The third-order valence-corrected chi connectivity index (χ3v) is 2.47. The molecule has 0 saturated carbocycles. The Bertz CT molecular complexity index is 280. The van der Waals surface area contributed by atoms with Gasteiger partial charge in [-0.3, -0.25) is 0 Å². The molecule has 0 saturated heterocycles. The smallest absolute Gasteiger partial charge is 0.350 e. The van der Waals surface area contributed by atoms with Crippen molar-refractivity contribution in [3.05, 3.63) is 21.3 Å². The number of ether oxygens (including phenoxy) is 1. The van der Waals surface area contributed by atoms with Crippen LogP contribution >= 0.6 is 22.9 Å². The molecular formula is C8H9ClO2S. The van der Waals surface area contributed by atoms with Crippen LogP contribution in [0.2, 0.25) is 5.02 Å². The largest absolute Gasteiger partial charge is 0.459 e. The Morgan fingerprint density at radius 1 is 1.67 bits per heavy atom. The molecule has 0 N–H and O–H groups in total. The molecule has 1 rings (SSSR count). The summed E-state index contributed by atoms with van der Waals surface area (Å²) in [5.41, 5.74) is 0. The molecule has 0 aliphatic rings. The van der Waals surface area contributed by atoms with E-state index >= 15 is 0 Å². The van der Waals surface area contributed by atoms with Crippen molar-refractivity contribution in [2.24, 2.45) is 0 Å². The molecule has 12 heavy (non-hydrogen) atoms. The predicted octanol–water partition coefficient (Wildman–Crippen LogP) is 2.97. The highest BCUT2D eigenvalue weighted by atomic mass is 35.5. The van der Waals surface area contributed by atoms with Gasteiger partial charge >= 0.3 is 5.97 Å². The summed E-state index contributed by atoms with van der Waals surface area (Å²) in [4.78, 5) is 11.7. The Hall–Kier alpha value is -0.540. The van der Waals surface area contributed by atoms with Crippen molar-refractivity contribution in [2.75, 3.05) is 0 Å². The normalized spacial score (nSPS) is 10.3. The highest BCUT2D eigenvalue weighted by Gasteiger charge is 2.13. The van der Waals surface area contributed by atoms with Crippen LogP contribution < -0.4 is 0 Å². The first-order valence-corrected chi connectivity index (χ1v) is 4.81. The molecule has 0 spiro atoms. The van der Waals surface area contributed by atoms with Gasteiger partial charge in [-0.1, -0.05) is 11.6 Å². The van der Waals surface area contributed by atoms with E-state index in [1.807, 2.05) is 0 Å². The number of thiophene rings is 1. The van der Waals surface area contributed by atoms with Gasteiger partial charge in [0.15, 0.2) is 0 Å². The van der Waals surface area contributed by atoms with Crippen LogP contribution in [0.4, 0.5) is 0 Å². The first kappa shape index (κ1) is 9.55. The zero-order valence-corrected chi connectivity index (χ0v) is 8.41. The molecular weight excluding hydrogens is 196 g/mol. The topological polar surface area (TPSA) is 26.3 Å². The minimum atomic E-state index is -0.343. The second kappa shape index (κ2) is 3.92. The lowest BCUT2D eigenvalue weighted by molar-refractivity contribution is 0.0384. The summed E-state index contributed by atoms with van der Waals surface area (Å²) in [6.07, 6.45) is -0.101. The Morgan fingerprint density at radius 2 is 2.33 bits per heavy atom. The van der Waals surface area contributed by atoms with Crippen LogP contribution in [-0.2, 0) is 4.74 Å². The van der Waals surface area contributed by atoms with E-state index in [1.54, 1.807) is 25.3 Å². The van der Waals surface area contributed by atoms with Crippen molar-refractivity contribution in [3.8, 4) is 0 Å². The van der Waals surface area contributed by atoms with Gasteiger partial charge in [0.1, 0.15) is 4.88 Å². The Labute approximate surface area is 80.1 Å². The minimum Gasteiger partial charge on any atom is -0.459 e. The van der Waals surface area contributed by atoms with E-state index in [0.717, 1.165) is 0 Å². The van der Waals surface area contributed by atoms with Crippen LogP contribution in [0.15, 0.2) is 11.4 Å². The van der Waals surface area contributed by atoms with Crippen LogP contribution in [0.3, 0.4) is 0 Å². The summed E-state index contributed by atoms with van der Waals surface area (Å²) in [7, 11) is 0. The predicted molar refractivity (Wildman–Crippen MR) is 49.9 cm³/mol. The summed E-state index contributed by atoms with van der Waals surface area (Å²) in [5.74, 6) is -0.343. The van der Waals surface area contributed by atoms with Crippen molar-refractivity contribution in [2.45, 2.75) is 20.0 Å². The molecule has 66 valence electrons. The molecule has 2 nitrogen and oxygen atoms in total. The SMILES string of the molecule is CC(C)OC(=O)c1sccc1Cl. The fourth-order valence-corrected chi connectivity index (χ4v) is 1.72. The standard InChI is InChI=1S/C8H9ClO2S/c1-5(2)11-8(10)7-6(9)3-4-12-7/h3-5H,1-2H3. The molecule has 1 heterocycles. The summed E-state index contributed by atoms with van der Waals surface area (Å²) < 4.78 is 4.96. The van der Waals surface area contributed by atoms with Gasteiger partial charge in [0.05, 0.1) is 11.1 Å². The third-order valence-electron chi connectivity index (χ3n) is 1.15. The van der Waals surface area contributed by atoms with Gasteiger partial charge in [0.25, 0.3) is 0 Å². The van der Waals surface area contributed by atoms with E-state index in [0.29, 0.717) is 9.90 Å². The first-order chi connectivity index (χ1) is 5.61. The van der Waals surface area contributed by atoms with Gasteiger partial charge in [-0.05, 0) is 25.3 Å². The average molecular weight is 205 g/mol. The molecule has 0 fully saturated rings. The number of carbonyl (C=O) groups excluding carboxylic acids is 1. The van der Waals surface area contributed by atoms with Crippen LogP contribution in [0.1, 0.15) is 23.5 Å². The molecule has 0 radical (unpaired) electrons. The molecule has 4 heteroatoms. The summed E-state index contributed by atoms with van der Waals surface area (Å²) in [6.45, 7) is 3.61. The fraction of sp³-hybridized carbons (Fsp3) is 0.375. The van der Waals surface area contributed by atoms with E-state index < -0.39 is 0 Å². The molecule has 1 aromatic heterocycles. The second-order valence-corrected chi connectivity index (χ2v) is 3.88. The molecule has 0 aliphatic heterocycles. The highest BCUT2D eigenvalue weighted by molar-refractivity contribution is 7.12. The Kier molecular flexibility index (Phi) is 3.12. The Balaban J connectivity index is 2.72. The van der Waals surface area contributed by atoms with Crippen molar-refractivity contribution in [1.29, 1.82) is 0 Å². The fourth-order valence-electron chi connectivity index (χ4n) is 0.707. The van der Waals surface area contributed by atoms with Crippen molar-refractivity contribution < 1.29 is 9.53 Å². The number of carbonyl (C=O) groups is 1. The maximum absolute atomic E-state index is 11.2. The minimum absolute atomic E-state index is 0.101. The maximum Gasteiger partial charge on any atom is 0.350 e. The van der Waals surface area contributed by atoms with Gasteiger partial charge in [-0.15, -0.1) is 11.3 Å². The van der Waals surface area contributed by atoms with E-state index in [9.17, 15) is 4.79 Å². The molecule has 0 atom stereocenters. The van der Waals surface area contributed by atoms with E-state index in [1.165, 1.54) is 11.3 Å². The molecule has 0 aliphatic carbocycles. The van der Waals surface area contributed by atoms with E-state index in [4.69, 9.17) is 16.3 Å². The Morgan fingerprint density at radius 3 is 2.75 bits per heavy atom. The molecule has 0 bridgehead atoms. The second-order valence-electron chi connectivity index (χ2n) is 2.55. The average Bonchev–Trinajstić information content (AvgIpc) is 2.33. The zero-order chi connectivity index (χ0) is 9.14. The number of esters is 1. The van der Waals surface area contributed by atoms with Gasteiger partial charge in [0.2, 0.25) is 0 Å². The van der Waals surface area contributed by atoms with E-state index in [-0.39, 0.29) is 12.1 Å². The molecule has 0 amide bonds. The van der Waals surface area contributed by atoms with Gasteiger partial charge in [0, 0.05) is 0 Å². The number of hydrogen-bond acceptors (Lipinski definition) is 3. The molecule has 0 aromatic carbocycles. The summed E-state index contributed by atoms with van der Waals surface area (Å²) in [5, 5.41) is 2.23. The monoisotopic (exact) mass is 204 g/mol.